The van der Waals surface area contributed by atoms with Crippen molar-refractivity contribution in [2.24, 2.45) is 0 Å². The summed E-state index contributed by atoms with van der Waals surface area (Å²) >= 11 is 0. The van der Waals surface area contributed by atoms with Crippen LogP contribution in [0.25, 0.3) is 0 Å². The third-order valence-electron chi connectivity index (χ3n) is 3.62. The maximum atomic E-state index is 5.35. The van der Waals surface area contributed by atoms with Gasteiger partial charge in [0.2, 0.25) is 0 Å². The van der Waals surface area contributed by atoms with Crippen LogP contribution in [0.2, 0.25) is 0 Å². The highest BCUT2D eigenvalue weighted by Crippen LogP contribution is 2.33. The number of hydrogen-bond donors (Lipinski definition) is 1. The van der Waals surface area contributed by atoms with E-state index in [1.807, 2.05) is 36.4 Å². The molecule has 2 aromatic rings. The molecular weight excluding hydrogens is 282 g/mol. The first kappa shape index (κ1) is 16.0. The quantitative estimate of drug-likeness (QED) is 0.887. The lowest BCUT2D eigenvalue weighted by molar-refractivity contribution is -0.411. The fourth-order valence-corrected chi connectivity index (χ4v) is 2.33. The standard InChI is InChI=1S/C17H21NO4/c1-19-13-7-5-11(9-15(13)21-3)17(18)12-6-8-14(20-2)16(10-12)22-4/h5-10,17H,18H2,1-4H3/p+1. The van der Waals surface area contributed by atoms with Crippen molar-refractivity contribution in [1.82, 2.24) is 0 Å². The molecule has 0 aliphatic carbocycles. The van der Waals surface area contributed by atoms with Gasteiger partial charge in [-0.2, -0.15) is 0 Å². The average molecular weight is 304 g/mol. The molecule has 0 saturated carbocycles. The molecule has 0 amide bonds. The zero-order valence-corrected chi connectivity index (χ0v) is 13.4. The highest BCUT2D eigenvalue weighted by Gasteiger charge is 2.17. The molecule has 22 heavy (non-hydrogen) atoms. The molecule has 0 heterocycles. The minimum absolute atomic E-state index is 0.0559. The molecule has 3 N–H and O–H groups in total. The third kappa shape index (κ3) is 3.09. The topological polar surface area (TPSA) is 64.6 Å². The van der Waals surface area contributed by atoms with Gasteiger partial charge < -0.3 is 24.7 Å². The van der Waals surface area contributed by atoms with Crippen molar-refractivity contribution in [3.63, 3.8) is 0 Å². The first-order chi connectivity index (χ1) is 10.6. The van der Waals surface area contributed by atoms with Gasteiger partial charge in [0, 0.05) is 11.1 Å². The van der Waals surface area contributed by atoms with Crippen LogP contribution in [0.5, 0.6) is 23.0 Å². The summed E-state index contributed by atoms with van der Waals surface area (Å²) in [4.78, 5) is 0. The summed E-state index contributed by atoms with van der Waals surface area (Å²) < 4.78 is 21.2. The minimum Gasteiger partial charge on any atom is -0.493 e. The number of quaternary nitrogens is 1. The maximum Gasteiger partial charge on any atom is 0.161 e. The third-order valence-corrected chi connectivity index (χ3v) is 3.62. The number of methoxy groups -OCH3 is 4. The van der Waals surface area contributed by atoms with E-state index in [0.29, 0.717) is 23.0 Å². The first-order valence-electron chi connectivity index (χ1n) is 6.91. The number of hydrogen-bond acceptors (Lipinski definition) is 4. The van der Waals surface area contributed by atoms with Crippen molar-refractivity contribution >= 4 is 0 Å². The number of ether oxygens (including phenoxy) is 4. The zero-order valence-electron chi connectivity index (χ0n) is 13.4. The Balaban J connectivity index is 2.37. The molecule has 0 saturated heterocycles. The van der Waals surface area contributed by atoms with Gasteiger partial charge in [0.05, 0.1) is 28.4 Å². The van der Waals surface area contributed by atoms with Crippen molar-refractivity contribution in [2.45, 2.75) is 6.04 Å². The predicted molar refractivity (Wildman–Crippen MR) is 83.8 cm³/mol. The minimum atomic E-state index is -0.0559. The molecule has 5 nitrogen and oxygen atoms in total. The van der Waals surface area contributed by atoms with E-state index in [4.69, 9.17) is 18.9 Å². The molecule has 118 valence electrons. The lowest BCUT2D eigenvalue weighted by Gasteiger charge is -2.15. The van der Waals surface area contributed by atoms with Crippen molar-refractivity contribution in [3.05, 3.63) is 47.5 Å². The fourth-order valence-electron chi connectivity index (χ4n) is 2.33. The Bertz CT molecular complexity index is 587. The van der Waals surface area contributed by atoms with Gasteiger partial charge in [-0.3, -0.25) is 0 Å². The van der Waals surface area contributed by atoms with Gasteiger partial charge >= 0.3 is 0 Å². The Labute approximate surface area is 130 Å². The van der Waals surface area contributed by atoms with Crippen LogP contribution in [0, 0.1) is 0 Å². The maximum absolute atomic E-state index is 5.35. The largest absolute Gasteiger partial charge is 0.493 e. The zero-order chi connectivity index (χ0) is 16.1. The van der Waals surface area contributed by atoms with Gasteiger partial charge in [-0.1, -0.05) is 0 Å². The van der Waals surface area contributed by atoms with Crippen LogP contribution < -0.4 is 24.7 Å². The molecule has 0 radical (unpaired) electrons. The van der Waals surface area contributed by atoms with Crippen molar-refractivity contribution in [2.75, 3.05) is 28.4 Å². The molecule has 0 unspecified atom stereocenters. The second-order valence-corrected chi connectivity index (χ2v) is 4.78. The monoisotopic (exact) mass is 304 g/mol. The van der Waals surface area contributed by atoms with Crippen LogP contribution in [0.3, 0.4) is 0 Å². The van der Waals surface area contributed by atoms with Gasteiger partial charge in [-0.15, -0.1) is 0 Å². The average Bonchev–Trinajstić information content (AvgIpc) is 2.59. The molecule has 2 aromatic carbocycles. The Morgan fingerprint density at radius 1 is 0.636 bits per heavy atom. The molecule has 0 aliphatic heterocycles. The van der Waals surface area contributed by atoms with Crippen LogP contribution in [-0.2, 0) is 0 Å². The van der Waals surface area contributed by atoms with E-state index in [9.17, 15) is 0 Å². The summed E-state index contributed by atoms with van der Waals surface area (Å²) in [5.41, 5.74) is 6.31. The second kappa shape index (κ2) is 7.04. The molecular formula is C17H22NO4+. The van der Waals surface area contributed by atoms with Gasteiger partial charge in [0.25, 0.3) is 0 Å². The summed E-state index contributed by atoms with van der Waals surface area (Å²) in [5.74, 6) is 2.78. The predicted octanol–water partition coefficient (Wildman–Crippen LogP) is 2.05. The van der Waals surface area contributed by atoms with Crippen LogP contribution in [0.4, 0.5) is 0 Å². The molecule has 5 heteroatoms. The van der Waals surface area contributed by atoms with Gasteiger partial charge in [-0.25, -0.2) is 0 Å². The highest BCUT2D eigenvalue weighted by atomic mass is 16.5. The highest BCUT2D eigenvalue weighted by molar-refractivity contribution is 5.48. The molecule has 0 bridgehead atoms. The van der Waals surface area contributed by atoms with Crippen molar-refractivity contribution in [3.8, 4) is 23.0 Å². The van der Waals surface area contributed by atoms with E-state index in [2.05, 4.69) is 5.73 Å². The molecule has 0 atom stereocenters. The Hall–Kier alpha value is -2.40. The smallest absolute Gasteiger partial charge is 0.161 e. The van der Waals surface area contributed by atoms with Gasteiger partial charge in [0.1, 0.15) is 6.04 Å². The van der Waals surface area contributed by atoms with E-state index >= 15 is 0 Å². The Kier molecular flexibility index (Phi) is 5.12. The lowest BCUT2D eigenvalue weighted by atomic mass is 9.98. The summed E-state index contributed by atoms with van der Waals surface area (Å²) in [6.45, 7) is 0. The number of benzene rings is 2. The summed E-state index contributed by atoms with van der Waals surface area (Å²) in [5, 5.41) is 0. The molecule has 2 rings (SSSR count). The van der Waals surface area contributed by atoms with Crippen LogP contribution in [0.1, 0.15) is 17.2 Å². The SMILES string of the molecule is COc1ccc(C([NH3+])c2ccc(OC)c(OC)c2)cc1OC. The Morgan fingerprint density at radius 3 is 1.32 bits per heavy atom. The van der Waals surface area contributed by atoms with Gasteiger partial charge in [-0.05, 0) is 36.4 Å². The first-order valence-corrected chi connectivity index (χ1v) is 6.91. The summed E-state index contributed by atoms with van der Waals surface area (Å²) in [6, 6.07) is 11.5. The molecule has 0 fully saturated rings. The van der Waals surface area contributed by atoms with E-state index in [-0.39, 0.29) is 6.04 Å². The van der Waals surface area contributed by atoms with Crippen molar-refractivity contribution < 1.29 is 24.7 Å². The van der Waals surface area contributed by atoms with E-state index in [1.54, 1.807) is 28.4 Å². The summed E-state index contributed by atoms with van der Waals surface area (Å²) in [7, 11) is 6.48. The Morgan fingerprint density at radius 2 is 1.00 bits per heavy atom. The van der Waals surface area contributed by atoms with E-state index in [1.165, 1.54) is 0 Å². The normalized spacial score (nSPS) is 10.5. The van der Waals surface area contributed by atoms with Crippen LogP contribution in [-0.4, -0.2) is 28.4 Å². The van der Waals surface area contributed by atoms with Gasteiger partial charge in [0.15, 0.2) is 23.0 Å². The van der Waals surface area contributed by atoms with Crippen LogP contribution >= 0.6 is 0 Å². The van der Waals surface area contributed by atoms with E-state index < -0.39 is 0 Å². The van der Waals surface area contributed by atoms with Crippen LogP contribution in [0.15, 0.2) is 36.4 Å². The molecule has 0 aromatic heterocycles. The molecule has 0 spiro atoms. The fraction of sp³-hybridized carbons (Fsp3) is 0.294. The van der Waals surface area contributed by atoms with Crippen molar-refractivity contribution in [1.29, 1.82) is 0 Å². The molecule has 0 aliphatic rings. The second-order valence-electron chi connectivity index (χ2n) is 4.78. The lowest BCUT2D eigenvalue weighted by Crippen LogP contribution is -2.54. The number of rotatable bonds is 6. The van der Waals surface area contributed by atoms with E-state index in [0.717, 1.165) is 11.1 Å². The summed E-state index contributed by atoms with van der Waals surface area (Å²) in [6.07, 6.45) is 0.